The Morgan fingerprint density at radius 1 is 1.19 bits per heavy atom. The average Bonchev–Trinajstić information content (AvgIpc) is 2.31. The third kappa shape index (κ3) is 2.81. The van der Waals surface area contributed by atoms with Crippen molar-refractivity contribution in [3.8, 4) is 0 Å². The average molecular weight is 220 g/mol. The summed E-state index contributed by atoms with van der Waals surface area (Å²) in [5.74, 6) is -1.13. The summed E-state index contributed by atoms with van der Waals surface area (Å²) in [6.07, 6.45) is 0. The number of benzene rings is 1. The van der Waals surface area contributed by atoms with Crippen molar-refractivity contribution in [1.82, 2.24) is 4.90 Å². The molecule has 0 atom stereocenters. The fourth-order valence-corrected chi connectivity index (χ4v) is 1.76. The Labute approximate surface area is 94.4 Å². The Morgan fingerprint density at radius 2 is 1.81 bits per heavy atom. The molecule has 0 unspecified atom stereocenters. The number of hydrogen-bond donors (Lipinski definition) is 0. The molecule has 85 valence electrons. The number of hydrogen-bond acceptors (Lipinski definition) is 3. The molecule has 0 bridgehead atoms. The molecule has 1 aliphatic heterocycles. The summed E-state index contributed by atoms with van der Waals surface area (Å²) in [6, 6.07) is 6.84. The van der Waals surface area contributed by atoms with Crippen LogP contribution in [0.3, 0.4) is 0 Å². The second kappa shape index (κ2) is 5.09. The van der Waals surface area contributed by atoms with Crippen LogP contribution in [-0.2, 0) is 16.4 Å². The molecule has 2 rings (SSSR count). The number of nitrogens with zero attached hydrogens (tertiary/aromatic N) is 1. The highest BCUT2D eigenvalue weighted by Gasteiger charge is 2.11. The highest BCUT2D eigenvalue weighted by Crippen LogP contribution is 2.09. The maximum atomic E-state index is 10.6. The molecule has 1 aromatic rings. The van der Waals surface area contributed by atoms with Crippen LogP contribution in [0.1, 0.15) is 15.9 Å². The molecule has 1 heterocycles. The third-order valence-electron chi connectivity index (χ3n) is 2.70. The standard InChI is InChI=1S/C12H14NO3/c14-12(15)11-3-1-10(2-4-11)9-13-5-7-16-8-6-13/h1-4H,5-9H2. The van der Waals surface area contributed by atoms with E-state index < -0.39 is 5.97 Å². The summed E-state index contributed by atoms with van der Waals surface area (Å²) >= 11 is 0. The van der Waals surface area contributed by atoms with Crippen molar-refractivity contribution >= 4 is 5.97 Å². The minimum Gasteiger partial charge on any atom is -0.379 e. The van der Waals surface area contributed by atoms with Crippen molar-refractivity contribution in [2.24, 2.45) is 0 Å². The van der Waals surface area contributed by atoms with Gasteiger partial charge in [0, 0.05) is 19.6 Å². The van der Waals surface area contributed by atoms with Crippen LogP contribution in [0.15, 0.2) is 24.3 Å². The van der Waals surface area contributed by atoms with Gasteiger partial charge in [0.2, 0.25) is 0 Å². The largest absolute Gasteiger partial charge is 0.386 e. The van der Waals surface area contributed by atoms with Crippen LogP contribution in [0.5, 0.6) is 0 Å². The topological polar surface area (TPSA) is 49.4 Å². The Bertz CT molecular complexity index is 355. The van der Waals surface area contributed by atoms with E-state index in [2.05, 4.69) is 4.90 Å². The van der Waals surface area contributed by atoms with E-state index in [4.69, 9.17) is 4.74 Å². The van der Waals surface area contributed by atoms with Crippen LogP contribution < -0.4 is 0 Å². The molecule has 0 amide bonds. The normalized spacial score (nSPS) is 17.2. The van der Waals surface area contributed by atoms with E-state index in [0.717, 1.165) is 38.4 Å². The van der Waals surface area contributed by atoms with Gasteiger partial charge >= 0.3 is 5.97 Å². The zero-order valence-corrected chi connectivity index (χ0v) is 9.02. The Hall–Kier alpha value is -1.39. The second-order valence-electron chi connectivity index (χ2n) is 3.87. The van der Waals surface area contributed by atoms with Crippen molar-refractivity contribution in [2.45, 2.75) is 6.54 Å². The van der Waals surface area contributed by atoms with Gasteiger partial charge in [0.05, 0.1) is 18.8 Å². The van der Waals surface area contributed by atoms with Gasteiger partial charge in [0.15, 0.2) is 0 Å². The van der Waals surface area contributed by atoms with E-state index in [9.17, 15) is 9.90 Å². The molecule has 1 saturated heterocycles. The smallest absolute Gasteiger partial charge is 0.379 e. The molecule has 16 heavy (non-hydrogen) atoms. The molecule has 0 aromatic heterocycles. The van der Waals surface area contributed by atoms with E-state index in [1.807, 2.05) is 12.1 Å². The van der Waals surface area contributed by atoms with Crippen LogP contribution >= 0.6 is 0 Å². The molecule has 1 fully saturated rings. The van der Waals surface area contributed by atoms with Crippen molar-refractivity contribution < 1.29 is 14.6 Å². The monoisotopic (exact) mass is 220 g/mol. The summed E-state index contributed by atoms with van der Waals surface area (Å²) in [5, 5.41) is 10.6. The van der Waals surface area contributed by atoms with E-state index in [1.165, 1.54) is 0 Å². The maximum absolute atomic E-state index is 10.6. The summed E-state index contributed by atoms with van der Waals surface area (Å²) in [5.41, 5.74) is 1.35. The summed E-state index contributed by atoms with van der Waals surface area (Å²) in [6.45, 7) is 4.26. The number of ether oxygens (including phenoxy) is 1. The van der Waals surface area contributed by atoms with Crippen molar-refractivity contribution in [3.05, 3.63) is 35.4 Å². The van der Waals surface area contributed by atoms with E-state index in [0.29, 0.717) is 0 Å². The fourth-order valence-electron chi connectivity index (χ4n) is 1.76. The highest BCUT2D eigenvalue weighted by molar-refractivity contribution is 5.87. The van der Waals surface area contributed by atoms with Gasteiger partial charge in [0.1, 0.15) is 0 Å². The SMILES string of the molecule is [O]C(=O)c1ccc(CN2CCOCC2)cc1. The minimum absolute atomic E-state index is 0.228. The second-order valence-corrected chi connectivity index (χ2v) is 3.87. The van der Waals surface area contributed by atoms with Gasteiger partial charge in [-0.25, -0.2) is 9.90 Å². The molecule has 1 radical (unpaired) electrons. The van der Waals surface area contributed by atoms with Gasteiger partial charge in [-0.1, -0.05) is 12.1 Å². The molecule has 0 N–H and O–H groups in total. The fraction of sp³-hybridized carbons (Fsp3) is 0.417. The van der Waals surface area contributed by atoms with Gasteiger partial charge in [-0.2, -0.15) is 0 Å². The lowest BCUT2D eigenvalue weighted by Gasteiger charge is -2.26. The lowest BCUT2D eigenvalue weighted by Crippen LogP contribution is -2.35. The molecular formula is C12H14NO3. The van der Waals surface area contributed by atoms with Crippen LogP contribution in [-0.4, -0.2) is 37.2 Å². The first-order valence-corrected chi connectivity index (χ1v) is 5.36. The molecule has 1 aliphatic rings. The Morgan fingerprint density at radius 3 is 2.38 bits per heavy atom. The molecule has 0 saturated carbocycles. The van der Waals surface area contributed by atoms with Crippen molar-refractivity contribution in [2.75, 3.05) is 26.3 Å². The first-order valence-electron chi connectivity index (χ1n) is 5.36. The van der Waals surface area contributed by atoms with Gasteiger partial charge < -0.3 is 4.74 Å². The zero-order valence-electron chi connectivity index (χ0n) is 9.02. The van der Waals surface area contributed by atoms with Gasteiger partial charge in [0.25, 0.3) is 0 Å². The highest BCUT2D eigenvalue weighted by atomic mass is 16.5. The van der Waals surface area contributed by atoms with Gasteiger partial charge in [-0.15, -0.1) is 0 Å². The molecule has 1 aromatic carbocycles. The van der Waals surface area contributed by atoms with E-state index in [1.54, 1.807) is 12.1 Å². The van der Waals surface area contributed by atoms with Crippen molar-refractivity contribution in [3.63, 3.8) is 0 Å². The maximum Gasteiger partial charge on any atom is 0.386 e. The van der Waals surface area contributed by atoms with E-state index >= 15 is 0 Å². The molecule has 4 heteroatoms. The predicted molar refractivity (Wildman–Crippen MR) is 57.6 cm³/mol. The van der Waals surface area contributed by atoms with Gasteiger partial charge in [-0.05, 0) is 17.7 Å². The Kier molecular flexibility index (Phi) is 3.54. The number of morpholine rings is 1. The summed E-state index contributed by atoms with van der Waals surface area (Å²) in [4.78, 5) is 12.9. The number of carbonyl (C=O) groups is 1. The molecule has 4 nitrogen and oxygen atoms in total. The quantitative estimate of drug-likeness (QED) is 0.766. The Balaban J connectivity index is 1.96. The van der Waals surface area contributed by atoms with Crippen LogP contribution in [0, 0.1) is 0 Å². The minimum atomic E-state index is -1.13. The van der Waals surface area contributed by atoms with Crippen LogP contribution in [0.2, 0.25) is 0 Å². The molecular weight excluding hydrogens is 206 g/mol. The van der Waals surface area contributed by atoms with Gasteiger partial charge in [-0.3, -0.25) is 4.90 Å². The lowest BCUT2D eigenvalue weighted by molar-refractivity contribution is 0.0342. The zero-order chi connectivity index (χ0) is 11.4. The summed E-state index contributed by atoms with van der Waals surface area (Å²) < 4.78 is 5.26. The first kappa shape index (κ1) is 11.1. The third-order valence-corrected chi connectivity index (χ3v) is 2.70. The number of carbonyl (C=O) groups excluding carboxylic acids is 1. The van der Waals surface area contributed by atoms with Crippen LogP contribution in [0.4, 0.5) is 0 Å². The first-order chi connectivity index (χ1) is 7.75. The molecule has 0 spiro atoms. The van der Waals surface area contributed by atoms with Crippen LogP contribution in [0.25, 0.3) is 0 Å². The lowest BCUT2D eigenvalue weighted by atomic mass is 10.1. The number of rotatable bonds is 3. The van der Waals surface area contributed by atoms with E-state index in [-0.39, 0.29) is 5.56 Å². The summed E-state index contributed by atoms with van der Waals surface area (Å²) in [7, 11) is 0. The predicted octanol–water partition coefficient (Wildman–Crippen LogP) is 1.09. The van der Waals surface area contributed by atoms with Crippen molar-refractivity contribution in [1.29, 1.82) is 0 Å². The molecule has 0 aliphatic carbocycles.